The molecule has 1 saturated carbocycles. The lowest BCUT2D eigenvalue weighted by Gasteiger charge is -2.38. The highest BCUT2D eigenvalue weighted by Gasteiger charge is 2.40. The molecule has 3 nitrogen and oxygen atoms in total. The average Bonchev–Trinajstić information content (AvgIpc) is 2.94. The summed E-state index contributed by atoms with van der Waals surface area (Å²) in [5, 5.41) is 0. The van der Waals surface area contributed by atoms with Crippen molar-refractivity contribution in [2.45, 2.75) is 50.2 Å². The van der Waals surface area contributed by atoms with E-state index >= 15 is 0 Å². The third-order valence-corrected chi connectivity index (χ3v) is 4.45. The summed E-state index contributed by atoms with van der Waals surface area (Å²) in [6, 6.07) is 7.97. The van der Waals surface area contributed by atoms with Gasteiger partial charge in [-0.25, -0.2) is 0 Å². The maximum Gasteiger partial charge on any atom is 0.119 e. The first-order valence-electron chi connectivity index (χ1n) is 7.89. The van der Waals surface area contributed by atoms with Crippen LogP contribution < -0.4 is 10.5 Å². The molecule has 2 N–H and O–H groups in total. The van der Waals surface area contributed by atoms with E-state index in [1.54, 1.807) is 0 Å². The number of hydrogen-bond acceptors (Lipinski definition) is 3. The van der Waals surface area contributed by atoms with E-state index in [2.05, 4.69) is 11.8 Å². The topological polar surface area (TPSA) is 44.5 Å². The second-order valence-electron chi connectivity index (χ2n) is 6.00. The Balaban J connectivity index is 1.60. The number of hydrogen-bond donors (Lipinski definition) is 1. The maximum atomic E-state index is 6.15. The van der Waals surface area contributed by atoms with Gasteiger partial charge < -0.3 is 15.2 Å². The van der Waals surface area contributed by atoms with Crippen LogP contribution in [0.1, 0.15) is 44.1 Å². The van der Waals surface area contributed by atoms with Crippen molar-refractivity contribution in [1.29, 1.82) is 0 Å². The van der Waals surface area contributed by atoms with Crippen LogP contribution in [0.4, 0.5) is 0 Å². The lowest BCUT2D eigenvalue weighted by atomic mass is 9.90. The smallest absolute Gasteiger partial charge is 0.119 e. The summed E-state index contributed by atoms with van der Waals surface area (Å²) in [6.45, 7) is 1.22. The van der Waals surface area contributed by atoms with E-state index in [1.807, 2.05) is 24.3 Å². The molecule has 0 aromatic heterocycles. The first-order chi connectivity index (χ1) is 10.3. The number of nitrogens with two attached hydrogens (primary N) is 1. The molecule has 1 heterocycles. The van der Waals surface area contributed by atoms with Crippen LogP contribution in [0.5, 0.6) is 5.75 Å². The minimum Gasteiger partial charge on any atom is -0.490 e. The molecule has 1 saturated heterocycles. The highest BCUT2D eigenvalue weighted by molar-refractivity contribution is 5.38. The molecule has 3 heteroatoms. The Kier molecular flexibility index (Phi) is 4.48. The van der Waals surface area contributed by atoms with Gasteiger partial charge in [-0.3, -0.25) is 0 Å². The molecule has 1 atom stereocenters. The van der Waals surface area contributed by atoms with Crippen molar-refractivity contribution < 1.29 is 9.47 Å². The largest absolute Gasteiger partial charge is 0.490 e. The summed E-state index contributed by atoms with van der Waals surface area (Å²) in [4.78, 5) is 0. The molecule has 1 aliphatic heterocycles. The highest BCUT2D eigenvalue weighted by Crippen LogP contribution is 2.40. The minimum absolute atomic E-state index is 0.107. The van der Waals surface area contributed by atoms with Gasteiger partial charge in [0.1, 0.15) is 11.9 Å². The molecule has 1 aliphatic carbocycles. The molecular formula is C18H23NO2. The zero-order valence-electron chi connectivity index (χ0n) is 12.4. The van der Waals surface area contributed by atoms with E-state index < -0.39 is 0 Å². The van der Waals surface area contributed by atoms with Gasteiger partial charge in [0.25, 0.3) is 0 Å². The number of benzene rings is 1. The van der Waals surface area contributed by atoms with E-state index in [9.17, 15) is 0 Å². The lowest BCUT2D eigenvalue weighted by Crippen LogP contribution is -2.41. The molecule has 112 valence electrons. The average molecular weight is 285 g/mol. The van der Waals surface area contributed by atoms with E-state index in [4.69, 9.17) is 15.2 Å². The van der Waals surface area contributed by atoms with Crippen molar-refractivity contribution in [3.63, 3.8) is 0 Å². The molecule has 2 fully saturated rings. The fourth-order valence-corrected chi connectivity index (χ4v) is 3.41. The molecule has 0 radical (unpaired) electrons. The summed E-state index contributed by atoms with van der Waals surface area (Å²) in [7, 11) is 0. The molecule has 21 heavy (non-hydrogen) atoms. The van der Waals surface area contributed by atoms with Crippen LogP contribution in [0.2, 0.25) is 0 Å². The third-order valence-electron chi connectivity index (χ3n) is 4.45. The van der Waals surface area contributed by atoms with Crippen molar-refractivity contribution in [3.8, 4) is 17.6 Å². The first kappa shape index (κ1) is 14.4. The summed E-state index contributed by atoms with van der Waals surface area (Å²) in [5.41, 5.74) is 6.46. The SMILES string of the molecule is NCC#Cc1ccc(OC2CCOC3(CCCC3)C2)cc1. The molecule has 0 bridgehead atoms. The molecule has 1 unspecified atom stereocenters. The van der Waals surface area contributed by atoms with Crippen LogP contribution in [-0.4, -0.2) is 24.9 Å². The molecule has 1 aromatic rings. The predicted molar refractivity (Wildman–Crippen MR) is 83.2 cm³/mol. The predicted octanol–water partition coefficient (Wildman–Crippen LogP) is 2.87. The van der Waals surface area contributed by atoms with Gasteiger partial charge in [-0.1, -0.05) is 24.7 Å². The van der Waals surface area contributed by atoms with Crippen LogP contribution in [0.3, 0.4) is 0 Å². The van der Waals surface area contributed by atoms with Gasteiger partial charge in [0.05, 0.1) is 18.8 Å². The van der Waals surface area contributed by atoms with Crippen molar-refractivity contribution in [2.24, 2.45) is 5.73 Å². The van der Waals surface area contributed by atoms with Gasteiger partial charge in [-0.2, -0.15) is 0 Å². The van der Waals surface area contributed by atoms with Gasteiger partial charge in [-0.05, 0) is 37.1 Å². The van der Waals surface area contributed by atoms with Crippen molar-refractivity contribution in [2.75, 3.05) is 13.2 Å². The second-order valence-corrected chi connectivity index (χ2v) is 6.00. The Morgan fingerprint density at radius 2 is 2.00 bits per heavy atom. The maximum absolute atomic E-state index is 6.15. The highest BCUT2D eigenvalue weighted by atomic mass is 16.5. The van der Waals surface area contributed by atoms with Gasteiger partial charge in [0.2, 0.25) is 0 Å². The monoisotopic (exact) mass is 285 g/mol. The lowest BCUT2D eigenvalue weighted by molar-refractivity contribution is -0.108. The zero-order chi connectivity index (χ0) is 14.5. The Bertz CT molecular complexity index is 520. The normalized spacial score (nSPS) is 23.6. The molecular weight excluding hydrogens is 262 g/mol. The Morgan fingerprint density at radius 3 is 2.71 bits per heavy atom. The van der Waals surface area contributed by atoms with Crippen LogP contribution >= 0.6 is 0 Å². The molecule has 1 spiro atoms. The fraction of sp³-hybridized carbons (Fsp3) is 0.556. The van der Waals surface area contributed by atoms with Gasteiger partial charge >= 0.3 is 0 Å². The van der Waals surface area contributed by atoms with Crippen LogP contribution in [0.15, 0.2) is 24.3 Å². The van der Waals surface area contributed by atoms with Crippen LogP contribution in [0.25, 0.3) is 0 Å². The van der Waals surface area contributed by atoms with E-state index in [-0.39, 0.29) is 11.7 Å². The van der Waals surface area contributed by atoms with Gasteiger partial charge in [0.15, 0.2) is 0 Å². The van der Waals surface area contributed by atoms with Crippen molar-refractivity contribution >= 4 is 0 Å². The summed E-state index contributed by atoms with van der Waals surface area (Å²) < 4.78 is 12.2. The Morgan fingerprint density at radius 1 is 1.24 bits per heavy atom. The fourth-order valence-electron chi connectivity index (χ4n) is 3.41. The second kappa shape index (κ2) is 6.51. The molecule has 1 aromatic carbocycles. The Labute approximate surface area is 126 Å². The van der Waals surface area contributed by atoms with E-state index in [0.717, 1.165) is 30.8 Å². The van der Waals surface area contributed by atoms with Gasteiger partial charge in [-0.15, -0.1) is 0 Å². The molecule has 2 aliphatic rings. The van der Waals surface area contributed by atoms with Crippen LogP contribution in [0, 0.1) is 11.8 Å². The molecule has 3 rings (SSSR count). The quantitative estimate of drug-likeness (QED) is 0.850. The first-order valence-corrected chi connectivity index (χ1v) is 7.89. The summed E-state index contributed by atoms with van der Waals surface area (Å²) >= 11 is 0. The third kappa shape index (κ3) is 3.58. The number of rotatable bonds is 2. The van der Waals surface area contributed by atoms with E-state index in [1.165, 1.54) is 25.7 Å². The zero-order valence-corrected chi connectivity index (χ0v) is 12.4. The number of ether oxygens (including phenoxy) is 2. The van der Waals surface area contributed by atoms with Crippen molar-refractivity contribution in [3.05, 3.63) is 29.8 Å². The van der Waals surface area contributed by atoms with Crippen molar-refractivity contribution in [1.82, 2.24) is 0 Å². The Hall–Kier alpha value is -1.50. The minimum atomic E-state index is 0.107. The molecule has 0 amide bonds. The van der Waals surface area contributed by atoms with E-state index in [0.29, 0.717) is 6.54 Å². The van der Waals surface area contributed by atoms with Crippen LogP contribution in [-0.2, 0) is 4.74 Å². The van der Waals surface area contributed by atoms with Gasteiger partial charge in [0, 0.05) is 18.4 Å². The summed E-state index contributed by atoms with van der Waals surface area (Å²) in [6.07, 6.45) is 7.26. The summed E-state index contributed by atoms with van der Waals surface area (Å²) in [5.74, 6) is 6.81. The standard InChI is InChI=1S/C18H23NO2/c19-12-3-4-15-5-7-16(8-6-15)21-17-9-13-20-18(14-17)10-1-2-11-18/h5-8,17H,1-2,9-14,19H2.